The largest absolute Gasteiger partial charge is 0.457 e. The van der Waals surface area contributed by atoms with Crippen LogP contribution in [0.1, 0.15) is 23.0 Å². The van der Waals surface area contributed by atoms with Crippen molar-refractivity contribution >= 4 is 28.7 Å². The number of aromatic nitrogens is 3. The average Bonchev–Trinajstić information content (AvgIpc) is 3.03. The quantitative estimate of drug-likeness (QED) is 0.526. The van der Waals surface area contributed by atoms with Gasteiger partial charge in [0.2, 0.25) is 5.95 Å². The number of amides is 1. The number of fused-ring (bicyclic) bond motifs is 1. The molecule has 30 heavy (non-hydrogen) atoms. The van der Waals surface area contributed by atoms with Gasteiger partial charge in [0.25, 0.3) is 5.91 Å². The van der Waals surface area contributed by atoms with Crippen LogP contribution in [0.4, 0.5) is 5.95 Å². The van der Waals surface area contributed by atoms with E-state index in [1.54, 1.807) is 36.5 Å². The van der Waals surface area contributed by atoms with E-state index in [1.165, 1.54) is 6.92 Å². The lowest BCUT2D eigenvalue weighted by Gasteiger charge is -2.07. The van der Waals surface area contributed by atoms with E-state index < -0.39 is 0 Å². The summed E-state index contributed by atoms with van der Waals surface area (Å²) in [5.41, 5.74) is 2.77. The Morgan fingerprint density at radius 2 is 1.80 bits per heavy atom. The third-order valence-electron chi connectivity index (χ3n) is 4.57. The molecule has 1 N–H and O–H groups in total. The summed E-state index contributed by atoms with van der Waals surface area (Å²) >= 11 is 0. The standard InChI is InChI=1S/C23H20N4O3/c1-15(28)12-17-13-19(10-11-24-17)30-18-8-9-21-20(14-18)25-23(27(21)2)26-22(29)16-6-4-3-5-7-16/h3-11,13-14H,12H2,1-2H3,(H,25,26,29). The number of nitrogens with one attached hydrogen (secondary N) is 1. The number of nitrogens with zero attached hydrogens (tertiary/aromatic N) is 3. The summed E-state index contributed by atoms with van der Waals surface area (Å²) in [6.07, 6.45) is 1.88. The van der Waals surface area contributed by atoms with E-state index in [4.69, 9.17) is 4.74 Å². The van der Waals surface area contributed by atoms with Crippen LogP contribution in [0.3, 0.4) is 0 Å². The zero-order valence-corrected chi connectivity index (χ0v) is 16.6. The molecule has 0 atom stereocenters. The molecule has 0 spiro atoms. The van der Waals surface area contributed by atoms with Crippen molar-refractivity contribution in [3.63, 3.8) is 0 Å². The van der Waals surface area contributed by atoms with Gasteiger partial charge < -0.3 is 9.30 Å². The summed E-state index contributed by atoms with van der Waals surface area (Å²) in [6, 6.07) is 18.0. The minimum atomic E-state index is -0.222. The van der Waals surface area contributed by atoms with Crippen LogP contribution < -0.4 is 10.1 Å². The Labute approximate surface area is 173 Å². The minimum absolute atomic E-state index is 0.0413. The van der Waals surface area contributed by atoms with Crippen molar-refractivity contribution in [2.75, 3.05) is 5.32 Å². The molecular weight excluding hydrogens is 380 g/mol. The molecule has 0 radical (unpaired) electrons. The maximum atomic E-state index is 12.4. The predicted octanol–water partition coefficient (Wildman–Crippen LogP) is 4.14. The number of carbonyl (C=O) groups excluding carboxylic acids is 2. The summed E-state index contributed by atoms with van der Waals surface area (Å²) in [4.78, 5) is 32.5. The number of hydrogen-bond donors (Lipinski definition) is 1. The molecule has 0 aliphatic rings. The van der Waals surface area contributed by atoms with Crippen LogP contribution in [0.25, 0.3) is 11.0 Å². The molecule has 0 bridgehead atoms. The maximum absolute atomic E-state index is 12.4. The van der Waals surface area contributed by atoms with Gasteiger partial charge in [-0.15, -0.1) is 0 Å². The second kappa shape index (κ2) is 8.16. The molecule has 2 heterocycles. The number of anilines is 1. The third kappa shape index (κ3) is 4.20. The van der Waals surface area contributed by atoms with Crippen molar-refractivity contribution in [2.45, 2.75) is 13.3 Å². The number of Topliss-reactive ketones (excluding diaryl/α,β-unsaturated/α-hetero) is 1. The van der Waals surface area contributed by atoms with Gasteiger partial charge in [0.1, 0.15) is 17.3 Å². The van der Waals surface area contributed by atoms with Crippen LogP contribution in [-0.4, -0.2) is 26.2 Å². The Morgan fingerprint density at radius 1 is 1.03 bits per heavy atom. The zero-order valence-electron chi connectivity index (χ0n) is 16.6. The van der Waals surface area contributed by atoms with Gasteiger partial charge in [0.05, 0.1) is 16.7 Å². The van der Waals surface area contributed by atoms with Crippen LogP contribution in [0, 0.1) is 0 Å². The minimum Gasteiger partial charge on any atom is -0.457 e. The summed E-state index contributed by atoms with van der Waals surface area (Å²) < 4.78 is 7.74. The number of rotatable bonds is 6. The Kier molecular flexibility index (Phi) is 5.26. The molecule has 1 amide bonds. The fourth-order valence-electron chi connectivity index (χ4n) is 3.13. The van der Waals surface area contributed by atoms with Crippen molar-refractivity contribution in [2.24, 2.45) is 7.05 Å². The van der Waals surface area contributed by atoms with Crippen molar-refractivity contribution in [3.05, 3.63) is 78.1 Å². The molecule has 0 aliphatic carbocycles. The molecule has 0 aliphatic heterocycles. The van der Waals surface area contributed by atoms with Crippen LogP contribution in [0.5, 0.6) is 11.5 Å². The molecular formula is C23H20N4O3. The molecule has 0 fully saturated rings. The summed E-state index contributed by atoms with van der Waals surface area (Å²) in [5.74, 6) is 1.46. The topological polar surface area (TPSA) is 86.1 Å². The van der Waals surface area contributed by atoms with Crippen LogP contribution in [0.2, 0.25) is 0 Å². The highest BCUT2D eigenvalue weighted by atomic mass is 16.5. The highest BCUT2D eigenvalue weighted by Gasteiger charge is 2.13. The fourth-order valence-corrected chi connectivity index (χ4v) is 3.13. The first-order valence-electron chi connectivity index (χ1n) is 9.45. The van der Waals surface area contributed by atoms with E-state index in [-0.39, 0.29) is 18.1 Å². The Morgan fingerprint density at radius 3 is 2.57 bits per heavy atom. The number of aryl methyl sites for hydroxylation is 1. The van der Waals surface area contributed by atoms with Crippen LogP contribution >= 0.6 is 0 Å². The van der Waals surface area contributed by atoms with Gasteiger partial charge in [0, 0.05) is 37.4 Å². The molecule has 4 aromatic rings. The third-order valence-corrected chi connectivity index (χ3v) is 4.57. The molecule has 2 aromatic carbocycles. The summed E-state index contributed by atoms with van der Waals surface area (Å²) in [7, 11) is 1.84. The van der Waals surface area contributed by atoms with Crippen molar-refractivity contribution in [3.8, 4) is 11.5 Å². The Balaban J connectivity index is 1.56. The molecule has 2 aromatic heterocycles. The number of hydrogen-bond acceptors (Lipinski definition) is 5. The van der Waals surface area contributed by atoms with Gasteiger partial charge in [0.15, 0.2) is 0 Å². The average molecular weight is 400 g/mol. The van der Waals surface area contributed by atoms with E-state index >= 15 is 0 Å². The molecule has 7 heteroatoms. The number of carbonyl (C=O) groups is 2. The van der Waals surface area contributed by atoms with Crippen molar-refractivity contribution in [1.29, 1.82) is 0 Å². The van der Waals surface area contributed by atoms with E-state index in [0.717, 1.165) is 5.52 Å². The Bertz CT molecular complexity index is 1230. The van der Waals surface area contributed by atoms with Crippen molar-refractivity contribution in [1.82, 2.24) is 14.5 Å². The van der Waals surface area contributed by atoms with Crippen molar-refractivity contribution < 1.29 is 14.3 Å². The lowest BCUT2D eigenvalue weighted by molar-refractivity contribution is -0.116. The van der Waals surface area contributed by atoms with Gasteiger partial charge in [-0.1, -0.05) is 18.2 Å². The molecule has 0 unspecified atom stereocenters. The number of imidazole rings is 1. The van der Waals surface area contributed by atoms with Gasteiger partial charge in [-0.3, -0.25) is 19.9 Å². The van der Waals surface area contributed by atoms with E-state index in [0.29, 0.717) is 34.2 Å². The second-order valence-corrected chi connectivity index (χ2v) is 6.93. The maximum Gasteiger partial charge on any atom is 0.257 e. The highest BCUT2D eigenvalue weighted by molar-refractivity contribution is 6.04. The van der Waals surface area contributed by atoms with Gasteiger partial charge in [-0.25, -0.2) is 4.98 Å². The Hall–Kier alpha value is -4.00. The normalized spacial score (nSPS) is 10.7. The second-order valence-electron chi connectivity index (χ2n) is 6.93. The van der Waals surface area contributed by atoms with Gasteiger partial charge >= 0.3 is 0 Å². The molecule has 150 valence electrons. The summed E-state index contributed by atoms with van der Waals surface area (Å²) in [5, 5.41) is 2.84. The van der Waals surface area contributed by atoms with Gasteiger partial charge in [-0.2, -0.15) is 0 Å². The SMILES string of the molecule is CC(=O)Cc1cc(Oc2ccc3c(c2)nc(NC(=O)c2ccccc2)n3C)ccn1. The highest BCUT2D eigenvalue weighted by Crippen LogP contribution is 2.27. The summed E-state index contributed by atoms with van der Waals surface area (Å²) in [6.45, 7) is 1.53. The van der Waals surface area contributed by atoms with Gasteiger partial charge in [-0.05, 0) is 37.3 Å². The van der Waals surface area contributed by atoms with E-state index in [1.807, 2.05) is 41.9 Å². The fraction of sp³-hybridized carbons (Fsp3) is 0.130. The first kappa shape index (κ1) is 19.3. The molecule has 4 rings (SSSR count). The van der Waals surface area contributed by atoms with E-state index in [2.05, 4.69) is 15.3 Å². The lowest BCUT2D eigenvalue weighted by atomic mass is 10.2. The monoisotopic (exact) mass is 400 g/mol. The number of ketones is 1. The van der Waals surface area contributed by atoms with E-state index in [9.17, 15) is 9.59 Å². The molecule has 0 saturated carbocycles. The number of benzene rings is 2. The molecule has 0 saturated heterocycles. The first-order chi connectivity index (χ1) is 14.5. The zero-order chi connectivity index (χ0) is 21.1. The van der Waals surface area contributed by atoms with Crippen LogP contribution in [-0.2, 0) is 18.3 Å². The van der Waals surface area contributed by atoms with Crippen LogP contribution in [0.15, 0.2) is 66.9 Å². The smallest absolute Gasteiger partial charge is 0.257 e. The predicted molar refractivity (Wildman–Crippen MR) is 114 cm³/mol. The number of pyridine rings is 1. The lowest BCUT2D eigenvalue weighted by Crippen LogP contribution is -2.14. The number of ether oxygens (including phenoxy) is 1. The molecule has 7 nitrogen and oxygen atoms in total. The first-order valence-corrected chi connectivity index (χ1v) is 9.45.